The molecule has 5 heteroatoms. The van der Waals surface area contributed by atoms with Crippen LogP contribution in [0.3, 0.4) is 0 Å². The number of hydrogen-bond acceptors (Lipinski definition) is 4. The molecule has 0 atom stereocenters. The standard InChI is InChI=1S/C28H28N2O3/c1-5-33-23-13-9-12-22(18-23)30-26(31)24(19-10-7-6-8-11-19)25(27(30)32)29-21-16-14-20(15-17-21)28(2,3)4/h6-18,29H,5H2,1-4H3. The zero-order valence-electron chi connectivity index (χ0n) is 19.4. The van der Waals surface area contributed by atoms with E-state index in [-0.39, 0.29) is 17.0 Å². The van der Waals surface area contributed by atoms with Gasteiger partial charge >= 0.3 is 0 Å². The minimum Gasteiger partial charge on any atom is -0.494 e. The van der Waals surface area contributed by atoms with E-state index in [2.05, 4.69) is 26.1 Å². The first-order chi connectivity index (χ1) is 15.8. The van der Waals surface area contributed by atoms with Crippen molar-refractivity contribution in [1.29, 1.82) is 0 Å². The summed E-state index contributed by atoms with van der Waals surface area (Å²) in [6.45, 7) is 8.84. The Hall–Kier alpha value is -3.86. The van der Waals surface area contributed by atoms with Crippen molar-refractivity contribution in [3.8, 4) is 5.75 Å². The average Bonchev–Trinajstić information content (AvgIpc) is 3.04. The number of nitrogens with one attached hydrogen (secondary N) is 1. The second-order valence-corrected chi connectivity index (χ2v) is 8.94. The number of carbonyl (C=O) groups is 2. The topological polar surface area (TPSA) is 58.6 Å². The summed E-state index contributed by atoms with van der Waals surface area (Å²) in [6.07, 6.45) is 0. The van der Waals surface area contributed by atoms with Gasteiger partial charge in [-0.1, -0.05) is 69.3 Å². The first kappa shape index (κ1) is 22.3. The third-order valence-corrected chi connectivity index (χ3v) is 5.55. The van der Waals surface area contributed by atoms with E-state index < -0.39 is 5.91 Å². The Bertz CT molecular complexity index is 1210. The zero-order valence-corrected chi connectivity index (χ0v) is 19.4. The first-order valence-corrected chi connectivity index (χ1v) is 11.1. The zero-order chi connectivity index (χ0) is 23.6. The lowest BCUT2D eigenvalue weighted by molar-refractivity contribution is -0.120. The van der Waals surface area contributed by atoms with Gasteiger partial charge in [0, 0.05) is 11.8 Å². The molecule has 0 saturated carbocycles. The van der Waals surface area contributed by atoms with Gasteiger partial charge in [0.05, 0.1) is 17.9 Å². The fourth-order valence-corrected chi connectivity index (χ4v) is 3.83. The molecule has 0 spiro atoms. The molecule has 4 rings (SSSR count). The maximum atomic E-state index is 13.5. The van der Waals surface area contributed by atoms with E-state index >= 15 is 0 Å². The third-order valence-electron chi connectivity index (χ3n) is 5.55. The van der Waals surface area contributed by atoms with Crippen molar-refractivity contribution in [3.05, 3.63) is 95.7 Å². The predicted octanol–water partition coefficient (Wildman–Crippen LogP) is 5.78. The molecule has 1 heterocycles. The molecular formula is C28H28N2O3. The van der Waals surface area contributed by atoms with Crippen LogP contribution in [0.25, 0.3) is 5.57 Å². The molecule has 0 bridgehead atoms. The van der Waals surface area contributed by atoms with Crippen molar-refractivity contribution in [2.45, 2.75) is 33.1 Å². The Morgan fingerprint density at radius 1 is 0.848 bits per heavy atom. The summed E-state index contributed by atoms with van der Waals surface area (Å²) in [7, 11) is 0. The van der Waals surface area contributed by atoms with Gasteiger partial charge in [-0.05, 0) is 47.7 Å². The monoisotopic (exact) mass is 440 g/mol. The van der Waals surface area contributed by atoms with Gasteiger partial charge in [-0.25, -0.2) is 4.90 Å². The molecule has 3 aromatic carbocycles. The number of imide groups is 1. The molecule has 0 aromatic heterocycles. The summed E-state index contributed by atoms with van der Waals surface area (Å²) in [5.41, 5.74) is 3.73. The van der Waals surface area contributed by atoms with E-state index in [4.69, 9.17) is 4.74 Å². The Kier molecular flexibility index (Phi) is 6.05. The van der Waals surface area contributed by atoms with Crippen LogP contribution < -0.4 is 15.0 Å². The van der Waals surface area contributed by atoms with Crippen LogP contribution in [0.4, 0.5) is 11.4 Å². The van der Waals surface area contributed by atoms with Gasteiger partial charge in [0.15, 0.2) is 0 Å². The second-order valence-electron chi connectivity index (χ2n) is 8.94. The molecule has 0 unspecified atom stereocenters. The molecule has 0 saturated heterocycles. The van der Waals surface area contributed by atoms with Crippen molar-refractivity contribution in [1.82, 2.24) is 0 Å². The van der Waals surface area contributed by atoms with Gasteiger partial charge in [-0.3, -0.25) is 9.59 Å². The minimum absolute atomic E-state index is 0.0223. The van der Waals surface area contributed by atoms with Crippen molar-refractivity contribution in [2.24, 2.45) is 0 Å². The van der Waals surface area contributed by atoms with Crippen LogP contribution >= 0.6 is 0 Å². The summed E-state index contributed by atoms with van der Waals surface area (Å²) in [5.74, 6) is -0.155. The van der Waals surface area contributed by atoms with E-state index in [9.17, 15) is 9.59 Å². The molecule has 0 radical (unpaired) electrons. The van der Waals surface area contributed by atoms with Gasteiger partial charge < -0.3 is 10.1 Å². The van der Waals surface area contributed by atoms with E-state index in [1.165, 1.54) is 10.5 Å². The lowest BCUT2D eigenvalue weighted by Gasteiger charge is -2.19. The molecule has 0 aliphatic carbocycles. The van der Waals surface area contributed by atoms with Crippen molar-refractivity contribution < 1.29 is 14.3 Å². The van der Waals surface area contributed by atoms with Gasteiger partial charge in [0.1, 0.15) is 11.4 Å². The van der Waals surface area contributed by atoms with E-state index in [1.807, 2.05) is 61.5 Å². The maximum absolute atomic E-state index is 13.5. The summed E-state index contributed by atoms with van der Waals surface area (Å²) in [6, 6.07) is 24.2. The highest BCUT2D eigenvalue weighted by Gasteiger charge is 2.40. The van der Waals surface area contributed by atoms with Crippen molar-refractivity contribution in [3.63, 3.8) is 0 Å². The molecule has 3 aromatic rings. The third kappa shape index (κ3) is 4.53. The Labute approximate surface area is 194 Å². The van der Waals surface area contributed by atoms with Crippen LogP contribution in [-0.2, 0) is 15.0 Å². The highest BCUT2D eigenvalue weighted by molar-refractivity contribution is 6.46. The predicted molar refractivity (Wildman–Crippen MR) is 132 cm³/mol. The highest BCUT2D eigenvalue weighted by Crippen LogP contribution is 2.35. The summed E-state index contributed by atoms with van der Waals surface area (Å²) in [5, 5.41) is 3.22. The number of amides is 2. The molecule has 5 nitrogen and oxygen atoms in total. The van der Waals surface area contributed by atoms with Gasteiger partial charge in [-0.15, -0.1) is 0 Å². The molecule has 1 aliphatic heterocycles. The molecule has 33 heavy (non-hydrogen) atoms. The fourth-order valence-electron chi connectivity index (χ4n) is 3.83. The lowest BCUT2D eigenvalue weighted by atomic mass is 9.87. The number of nitrogens with zero attached hydrogens (tertiary/aromatic N) is 1. The molecule has 0 fully saturated rings. The smallest absolute Gasteiger partial charge is 0.282 e. The molecule has 2 amide bonds. The van der Waals surface area contributed by atoms with Crippen LogP contribution in [-0.4, -0.2) is 18.4 Å². The number of rotatable bonds is 6. The van der Waals surface area contributed by atoms with Crippen LogP contribution in [0.15, 0.2) is 84.6 Å². The van der Waals surface area contributed by atoms with Crippen molar-refractivity contribution in [2.75, 3.05) is 16.8 Å². The number of anilines is 2. The summed E-state index contributed by atoms with van der Waals surface area (Å²) < 4.78 is 5.57. The Morgan fingerprint density at radius 2 is 1.55 bits per heavy atom. The molecule has 168 valence electrons. The quantitative estimate of drug-likeness (QED) is 0.494. The van der Waals surface area contributed by atoms with E-state index in [0.717, 1.165) is 5.69 Å². The number of hydrogen-bond donors (Lipinski definition) is 1. The summed E-state index contributed by atoms with van der Waals surface area (Å²) >= 11 is 0. The number of benzene rings is 3. The Balaban J connectivity index is 1.74. The van der Waals surface area contributed by atoms with Crippen LogP contribution in [0, 0.1) is 0 Å². The number of carbonyl (C=O) groups excluding carboxylic acids is 2. The van der Waals surface area contributed by atoms with Crippen LogP contribution in [0.5, 0.6) is 5.75 Å². The van der Waals surface area contributed by atoms with E-state index in [1.54, 1.807) is 24.3 Å². The molecular weight excluding hydrogens is 412 g/mol. The summed E-state index contributed by atoms with van der Waals surface area (Å²) in [4.78, 5) is 28.3. The molecule has 1 N–H and O–H groups in total. The number of ether oxygens (including phenoxy) is 1. The fraction of sp³-hybridized carbons (Fsp3) is 0.214. The van der Waals surface area contributed by atoms with Gasteiger partial charge in [-0.2, -0.15) is 0 Å². The van der Waals surface area contributed by atoms with Crippen LogP contribution in [0.1, 0.15) is 38.8 Å². The van der Waals surface area contributed by atoms with Crippen molar-refractivity contribution >= 4 is 28.8 Å². The second kappa shape index (κ2) is 8.94. The highest BCUT2D eigenvalue weighted by atomic mass is 16.5. The van der Waals surface area contributed by atoms with E-state index in [0.29, 0.717) is 29.2 Å². The normalized spacial score (nSPS) is 14.1. The van der Waals surface area contributed by atoms with Gasteiger partial charge in [0.25, 0.3) is 11.8 Å². The maximum Gasteiger partial charge on any atom is 0.282 e. The first-order valence-electron chi connectivity index (χ1n) is 11.1. The molecule has 1 aliphatic rings. The van der Waals surface area contributed by atoms with Crippen LogP contribution in [0.2, 0.25) is 0 Å². The van der Waals surface area contributed by atoms with Gasteiger partial charge in [0.2, 0.25) is 0 Å². The lowest BCUT2D eigenvalue weighted by Crippen LogP contribution is -2.32. The largest absolute Gasteiger partial charge is 0.494 e. The average molecular weight is 441 g/mol. The SMILES string of the molecule is CCOc1cccc(N2C(=O)C(Nc3ccc(C(C)(C)C)cc3)=C(c3ccccc3)C2=O)c1. The Morgan fingerprint density at radius 3 is 2.18 bits per heavy atom. The minimum atomic E-state index is -0.396.